The van der Waals surface area contributed by atoms with E-state index in [1.165, 1.54) is 18.2 Å². The molecule has 3 heterocycles. The zero-order chi connectivity index (χ0) is 14.7. The van der Waals surface area contributed by atoms with Gasteiger partial charge in [0.15, 0.2) is 5.82 Å². The van der Waals surface area contributed by atoms with Crippen LogP contribution in [-0.4, -0.2) is 44.3 Å². The van der Waals surface area contributed by atoms with E-state index >= 15 is 0 Å². The van der Waals surface area contributed by atoms with Gasteiger partial charge in [-0.1, -0.05) is 17.8 Å². The van der Waals surface area contributed by atoms with Crippen molar-refractivity contribution in [2.24, 2.45) is 0 Å². The third-order valence-electron chi connectivity index (χ3n) is 3.52. The van der Waals surface area contributed by atoms with Gasteiger partial charge in [0, 0.05) is 13.1 Å². The lowest BCUT2D eigenvalue weighted by Crippen LogP contribution is -2.40. The topological polar surface area (TPSA) is 61.9 Å². The summed E-state index contributed by atoms with van der Waals surface area (Å²) in [4.78, 5) is 19.9. The van der Waals surface area contributed by atoms with Crippen molar-refractivity contribution in [2.75, 3.05) is 13.1 Å². The van der Waals surface area contributed by atoms with E-state index in [1.807, 2.05) is 29.3 Å². The first-order valence-corrected chi connectivity index (χ1v) is 8.91. The van der Waals surface area contributed by atoms with Gasteiger partial charge in [0.2, 0.25) is 11.1 Å². The first-order valence-electron chi connectivity index (χ1n) is 7.16. The summed E-state index contributed by atoms with van der Waals surface area (Å²) in [5.41, 5.74) is 0. The van der Waals surface area contributed by atoms with Gasteiger partial charge >= 0.3 is 0 Å². The highest BCUT2D eigenvalue weighted by molar-refractivity contribution is 8.00. The van der Waals surface area contributed by atoms with Gasteiger partial charge in [-0.25, -0.2) is 4.98 Å². The molecule has 1 atom stereocenters. The molecule has 0 radical (unpaired) electrons. The minimum absolute atomic E-state index is 0.143. The van der Waals surface area contributed by atoms with Crippen LogP contribution in [0.4, 0.5) is 0 Å². The molecule has 1 amide bonds. The Hall–Kier alpha value is -1.34. The Balaban J connectivity index is 1.62. The number of rotatable bonds is 4. The molecule has 1 aliphatic heterocycles. The van der Waals surface area contributed by atoms with E-state index in [9.17, 15) is 4.79 Å². The van der Waals surface area contributed by atoms with Crippen LogP contribution in [-0.2, 0) is 4.79 Å². The van der Waals surface area contributed by atoms with Crippen LogP contribution >= 0.6 is 23.1 Å². The second-order valence-electron chi connectivity index (χ2n) is 5.09. The summed E-state index contributed by atoms with van der Waals surface area (Å²) in [6.07, 6.45) is 3.47. The average Bonchev–Trinajstić information content (AvgIpc) is 3.18. The van der Waals surface area contributed by atoms with Crippen LogP contribution in [0.1, 0.15) is 26.2 Å². The molecule has 1 fully saturated rings. The summed E-state index contributed by atoms with van der Waals surface area (Å²) < 4.78 is 0. The lowest BCUT2D eigenvalue weighted by Gasteiger charge is -2.28. The van der Waals surface area contributed by atoms with Gasteiger partial charge < -0.3 is 4.90 Å². The minimum Gasteiger partial charge on any atom is -0.342 e. The van der Waals surface area contributed by atoms with E-state index in [4.69, 9.17) is 0 Å². The van der Waals surface area contributed by atoms with Gasteiger partial charge in [-0.3, -0.25) is 9.89 Å². The summed E-state index contributed by atoms with van der Waals surface area (Å²) >= 11 is 3.04. The SMILES string of the molecule is C[C@@H](Sc1n[nH]c(-c2cccs2)n1)C(=O)N1CCCCC1. The van der Waals surface area contributed by atoms with Crippen LogP contribution < -0.4 is 0 Å². The molecule has 21 heavy (non-hydrogen) atoms. The van der Waals surface area contributed by atoms with Crippen molar-refractivity contribution in [3.05, 3.63) is 17.5 Å². The maximum absolute atomic E-state index is 12.4. The maximum atomic E-state index is 12.4. The Morgan fingerprint density at radius 1 is 1.43 bits per heavy atom. The molecule has 0 aromatic carbocycles. The van der Waals surface area contributed by atoms with Crippen LogP contribution in [0.5, 0.6) is 0 Å². The van der Waals surface area contributed by atoms with Crippen LogP contribution in [0.15, 0.2) is 22.7 Å². The number of nitrogens with zero attached hydrogens (tertiary/aromatic N) is 3. The van der Waals surface area contributed by atoms with Crippen molar-refractivity contribution in [1.82, 2.24) is 20.1 Å². The Kier molecular flexibility index (Phi) is 4.60. The molecule has 0 aliphatic carbocycles. The molecule has 0 spiro atoms. The molecule has 0 unspecified atom stereocenters. The molecule has 2 aromatic heterocycles. The Labute approximate surface area is 132 Å². The van der Waals surface area contributed by atoms with Gasteiger partial charge in [-0.05, 0) is 37.6 Å². The summed E-state index contributed by atoms with van der Waals surface area (Å²) in [6, 6.07) is 3.99. The number of H-pyrrole nitrogens is 1. The monoisotopic (exact) mass is 322 g/mol. The lowest BCUT2D eigenvalue weighted by molar-refractivity contribution is -0.131. The summed E-state index contributed by atoms with van der Waals surface area (Å²) in [5, 5.41) is 9.64. The number of hydrogen-bond acceptors (Lipinski definition) is 5. The third-order valence-corrected chi connectivity index (χ3v) is 5.34. The van der Waals surface area contributed by atoms with Crippen molar-refractivity contribution in [2.45, 2.75) is 36.6 Å². The number of nitrogens with one attached hydrogen (secondary N) is 1. The molecule has 5 nitrogen and oxygen atoms in total. The number of aromatic nitrogens is 3. The van der Waals surface area contributed by atoms with Crippen molar-refractivity contribution < 1.29 is 4.79 Å². The minimum atomic E-state index is -0.143. The van der Waals surface area contributed by atoms with Crippen LogP contribution in [0.3, 0.4) is 0 Å². The highest BCUT2D eigenvalue weighted by Gasteiger charge is 2.24. The number of thioether (sulfide) groups is 1. The Morgan fingerprint density at radius 2 is 2.24 bits per heavy atom. The molecular weight excluding hydrogens is 304 g/mol. The Morgan fingerprint density at radius 3 is 2.95 bits per heavy atom. The molecule has 1 saturated heterocycles. The standard InChI is InChI=1S/C14H18N4OS2/c1-10(13(19)18-7-3-2-4-8-18)21-14-15-12(16-17-14)11-6-5-9-20-11/h5-6,9-10H,2-4,7-8H2,1H3,(H,15,16,17)/t10-/m1/s1. The Bertz CT molecular complexity index is 590. The molecule has 7 heteroatoms. The van der Waals surface area contributed by atoms with Crippen molar-refractivity contribution in [1.29, 1.82) is 0 Å². The molecule has 2 aromatic rings. The zero-order valence-electron chi connectivity index (χ0n) is 11.9. The molecule has 112 valence electrons. The van der Waals surface area contributed by atoms with Crippen LogP contribution in [0.25, 0.3) is 10.7 Å². The first kappa shape index (κ1) is 14.6. The fraction of sp³-hybridized carbons (Fsp3) is 0.500. The van der Waals surface area contributed by atoms with E-state index in [2.05, 4.69) is 15.2 Å². The van der Waals surface area contributed by atoms with Crippen molar-refractivity contribution in [3.63, 3.8) is 0 Å². The van der Waals surface area contributed by atoms with Gasteiger partial charge in [-0.15, -0.1) is 16.4 Å². The molecule has 0 bridgehead atoms. The number of carbonyl (C=O) groups excluding carboxylic acids is 1. The van der Waals surface area contributed by atoms with E-state index in [0.29, 0.717) is 5.16 Å². The van der Waals surface area contributed by atoms with Gasteiger partial charge in [0.25, 0.3) is 0 Å². The average molecular weight is 322 g/mol. The summed E-state index contributed by atoms with van der Waals surface area (Å²) in [6.45, 7) is 3.71. The second kappa shape index (κ2) is 6.62. The maximum Gasteiger partial charge on any atom is 0.235 e. The number of aromatic amines is 1. The third kappa shape index (κ3) is 3.47. The number of hydrogen-bond donors (Lipinski definition) is 1. The highest BCUT2D eigenvalue weighted by atomic mass is 32.2. The van der Waals surface area contributed by atoms with Crippen LogP contribution in [0, 0.1) is 0 Å². The van der Waals surface area contributed by atoms with E-state index < -0.39 is 0 Å². The molecule has 1 aliphatic rings. The quantitative estimate of drug-likeness (QED) is 0.879. The van der Waals surface area contributed by atoms with Gasteiger partial charge in [-0.2, -0.15) is 0 Å². The second-order valence-corrected chi connectivity index (χ2v) is 7.35. The lowest BCUT2D eigenvalue weighted by atomic mass is 10.1. The number of thiophene rings is 1. The number of carbonyl (C=O) groups is 1. The van der Waals surface area contributed by atoms with Crippen molar-refractivity contribution in [3.8, 4) is 10.7 Å². The normalized spacial score (nSPS) is 16.9. The zero-order valence-corrected chi connectivity index (χ0v) is 13.5. The largest absolute Gasteiger partial charge is 0.342 e. The molecule has 3 rings (SSSR count). The van der Waals surface area contributed by atoms with Gasteiger partial charge in [0.1, 0.15) is 0 Å². The van der Waals surface area contributed by atoms with Crippen molar-refractivity contribution >= 4 is 29.0 Å². The van der Waals surface area contributed by atoms with Gasteiger partial charge in [0.05, 0.1) is 10.1 Å². The molecular formula is C14H18N4OS2. The fourth-order valence-electron chi connectivity index (χ4n) is 2.40. The molecule has 0 saturated carbocycles. The van der Waals surface area contributed by atoms with Crippen LogP contribution in [0.2, 0.25) is 0 Å². The smallest absolute Gasteiger partial charge is 0.235 e. The molecule has 1 N–H and O–H groups in total. The fourth-order valence-corrected chi connectivity index (χ4v) is 3.87. The van der Waals surface area contributed by atoms with E-state index in [0.717, 1.165) is 36.6 Å². The number of amides is 1. The van der Waals surface area contributed by atoms with E-state index in [-0.39, 0.29) is 11.2 Å². The number of likely N-dealkylation sites (tertiary alicyclic amines) is 1. The predicted octanol–water partition coefficient (Wildman–Crippen LogP) is 3.03. The summed E-state index contributed by atoms with van der Waals surface area (Å²) in [5.74, 6) is 0.965. The first-order chi connectivity index (χ1) is 10.2. The summed E-state index contributed by atoms with van der Waals surface area (Å²) in [7, 11) is 0. The predicted molar refractivity (Wildman–Crippen MR) is 85.4 cm³/mol. The number of piperidine rings is 1. The van der Waals surface area contributed by atoms with E-state index in [1.54, 1.807) is 11.3 Å². The highest BCUT2D eigenvalue weighted by Crippen LogP contribution is 2.26.